The zero-order valence-corrected chi connectivity index (χ0v) is 23.2. The minimum Gasteiger partial charge on any atom is -0.0622 e. The van der Waals surface area contributed by atoms with Crippen LogP contribution in [-0.4, -0.2) is 0 Å². The summed E-state index contributed by atoms with van der Waals surface area (Å²) in [5.74, 6) is 0. The van der Waals surface area contributed by atoms with Crippen molar-refractivity contribution in [3.63, 3.8) is 0 Å². The van der Waals surface area contributed by atoms with Crippen LogP contribution >= 0.6 is 0 Å². The fourth-order valence-corrected chi connectivity index (χ4v) is 6.35. The highest BCUT2D eigenvalue weighted by Crippen LogP contribution is 2.38. The first-order valence-corrected chi connectivity index (χ1v) is 14.5. The van der Waals surface area contributed by atoms with Crippen molar-refractivity contribution in [3.8, 4) is 44.5 Å². The van der Waals surface area contributed by atoms with E-state index in [1.807, 2.05) is 0 Å². The average molecular weight is 533 g/mol. The van der Waals surface area contributed by atoms with Crippen molar-refractivity contribution < 1.29 is 0 Å². The van der Waals surface area contributed by atoms with E-state index in [0.29, 0.717) is 0 Å². The molecule has 0 fully saturated rings. The third kappa shape index (κ3) is 4.26. The van der Waals surface area contributed by atoms with Crippen LogP contribution in [0.5, 0.6) is 0 Å². The van der Waals surface area contributed by atoms with E-state index >= 15 is 0 Å². The molecule has 0 nitrogen and oxygen atoms in total. The van der Waals surface area contributed by atoms with Gasteiger partial charge in [0, 0.05) is 0 Å². The van der Waals surface area contributed by atoms with E-state index in [4.69, 9.17) is 0 Å². The number of rotatable bonds is 4. The molecule has 0 saturated carbocycles. The third-order valence-electron chi connectivity index (χ3n) is 8.44. The molecule has 0 heteroatoms. The Hall–Kier alpha value is -5.46. The van der Waals surface area contributed by atoms with Crippen LogP contribution in [0, 0.1) is 0 Å². The van der Waals surface area contributed by atoms with Crippen molar-refractivity contribution in [2.24, 2.45) is 0 Å². The van der Waals surface area contributed by atoms with E-state index in [2.05, 4.69) is 170 Å². The molecule has 0 aliphatic carbocycles. The Labute approximate surface area is 246 Å². The Morgan fingerprint density at radius 3 is 0.929 bits per heavy atom. The minimum absolute atomic E-state index is 1.22. The molecule has 0 radical (unpaired) electrons. The number of fused-ring (bicyclic) bond motifs is 6. The second kappa shape index (κ2) is 10.2. The molecule has 0 aliphatic heterocycles. The van der Waals surface area contributed by atoms with E-state index < -0.39 is 0 Å². The van der Waals surface area contributed by atoms with Gasteiger partial charge in [0.2, 0.25) is 0 Å². The van der Waals surface area contributed by atoms with Crippen LogP contribution in [0.3, 0.4) is 0 Å². The SMILES string of the molecule is c1ccc(-c2cccc(-c3cccc(-c4cccc(-c5ccc6c7ccccc7c7ccccc7c6c5)c4)c3)c2)cc1. The molecule has 0 bridgehead atoms. The van der Waals surface area contributed by atoms with Gasteiger partial charge in [0.05, 0.1) is 0 Å². The third-order valence-corrected chi connectivity index (χ3v) is 8.44. The molecule has 8 aromatic carbocycles. The van der Waals surface area contributed by atoms with Crippen LogP contribution < -0.4 is 0 Å². The normalized spacial score (nSPS) is 11.3. The molecule has 196 valence electrons. The Kier molecular flexibility index (Phi) is 5.90. The molecule has 0 aliphatic rings. The second-order valence-corrected chi connectivity index (χ2v) is 11.0. The van der Waals surface area contributed by atoms with Gasteiger partial charge < -0.3 is 0 Å². The molecule has 0 heterocycles. The standard InChI is InChI=1S/C42H28/c1-2-11-29(12-3-1)30-13-8-14-31(25-30)32-15-9-16-33(26-32)34-17-10-18-35(27-34)36-23-24-41-39-21-5-4-19-37(39)38-20-6-7-22-40(38)42(41)28-36/h1-28H. The molecule has 0 atom stereocenters. The quantitative estimate of drug-likeness (QED) is 0.198. The fourth-order valence-electron chi connectivity index (χ4n) is 6.35. The first kappa shape index (κ1) is 24.3. The van der Waals surface area contributed by atoms with Gasteiger partial charge in [-0.2, -0.15) is 0 Å². The predicted octanol–water partition coefficient (Wildman–Crippen LogP) is 11.8. The van der Waals surface area contributed by atoms with Crippen LogP contribution in [0.15, 0.2) is 170 Å². The van der Waals surface area contributed by atoms with Crippen LogP contribution in [0.4, 0.5) is 0 Å². The maximum absolute atomic E-state index is 2.37. The summed E-state index contributed by atoms with van der Waals surface area (Å²) in [5.41, 5.74) is 9.81. The molecule has 42 heavy (non-hydrogen) atoms. The van der Waals surface area contributed by atoms with Crippen LogP contribution in [0.25, 0.3) is 76.8 Å². The number of hydrogen-bond donors (Lipinski definition) is 0. The molecule has 0 spiro atoms. The molecule has 0 unspecified atom stereocenters. The topological polar surface area (TPSA) is 0 Å². The van der Waals surface area contributed by atoms with Gasteiger partial charge >= 0.3 is 0 Å². The smallest absolute Gasteiger partial charge is 0.00928 e. The summed E-state index contributed by atoms with van der Waals surface area (Å²) in [4.78, 5) is 0. The Balaban J connectivity index is 1.20. The first-order valence-electron chi connectivity index (χ1n) is 14.5. The second-order valence-electron chi connectivity index (χ2n) is 11.0. The average Bonchev–Trinajstić information content (AvgIpc) is 3.09. The van der Waals surface area contributed by atoms with Gasteiger partial charge in [-0.15, -0.1) is 0 Å². The van der Waals surface area contributed by atoms with Gasteiger partial charge in [-0.3, -0.25) is 0 Å². The lowest BCUT2D eigenvalue weighted by atomic mass is 9.91. The predicted molar refractivity (Wildman–Crippen MR) is 181 cm³/mol. The fraction of sp³-hybridized carbons (Fsp3) is 0. The van der Waals surface area contributed by atoms with E-state index in [1.54, 1.807) is 0 Å². The zero-order valence-electron chi connectivity index (χ0n) is 23.2. The first-order chi connectivity index (χ1) is 20.8. The molecule has 0 aromatic heterocycles. The lowest BCUT2D eigenvalue weighted by molar-refractivity contribution is 1.57. The van der Waals surface area contributed by atoms with E-state index in [-0.39, 0.29) is 0 Å². The maximum Gasteiger partial charge on any atom is -0.00928 e. The summed E-state index contributed by atoms with van der Waals surface area (Å²) in [7, 11) is 0. The Morgan fingerprint density at radius 1 is 0.167 bits per heavy atom. The lowest BCUT2D eigenvalue weighted by Crippen LogP contribution is -1.86. The molecule has 8 aromatic rings. The van der Waals surface area contributed by atoms with Gasteiger partial charge in [0.15, 0.2) is 0 Å². The van der Waals surface area contributed by atoms with Crippen molar-refractivity contribution >= 4 is 32.3 Å². The summed E-state index contributed by atoms with van der Waals surface area (Å²) in [5, 5.41) is 7.82. The molecule has 0 N–H and O–H groups in total. The summed E-state index contributed by atoms with van der Waals surface area (Å²) in [6.45, 7) is 0. The molecule has 0 amide bonds. The van der Waals surface area contributed by atoms with Gasteiger partial charge in [-0.05, 0) is 101 Å². The highest BCUT2D eigenvalue weighted by molar-refractivity contribution is 6.25. The maximum atomic E-state index is 2.37. The number of hydrogen-bond acceptors (Lipinski definition) is 0. The molecular formula is C42H28. The van der Waals surface area contributed by atoms with Gasteiger partial charge in [-0.1, -0.05) is 146 Å². The summed E-state index contributed by atoms with van der Waals surface area (Å²) < 4.78 is 0. The van der Waals surface area contributed by atoms with Gasteiger partial charge in [-0.25, -0.2) is 0 Å². The van der Waals surface area contributed by atoms with Crippen LogP contribution in [0.1, 0.15) is 0 Å². The molecular weight excluding hydrogens is 504 g/mol. The van der Waals surface area contributed by atoms with Gasteiger partial charge in [0.1, 0.15) is 0 Å². The van der Waals surface area contributed by atoms with E-state index in [0.717, 1.165) is 0 Å². The van der Waals surface area contributed by atoms with E-state index in [1.165, 1.54) is 76.8 Å². The van der Waals surface area contributed by atoms with Crippen molar-refractivity contribution in [3.05, 3.63) is 170 Å². The molecule has 8 rings (SSSR count). The summed E-state index contributed by atoms with van der Waals surface area (Å²) in [6.07, 6.45) is 0. The van der Waals surface area contributed by atoms with Crippen molar-refractivity contribution in [1.29, 1.82) is 0 Å². The van der Waals surface area contributed by atoms with E-state index in [9.17, 15) is 0 Å². The van der Waals surface area contributed by atoms with Crippen molar-refractivity contribution in [2.75, 3.05) is 0 Å². The summed E-state index contributed by atoms with van der Waals surface area (Å²) >= 11 is 0. The van der Waals surface area contributed by atoms with Crippen molar-refractivity contribution in [2.45, 2.75) is 0 Å². The molecule has 0 saturated heterocycles. The zero-order chi connectivity index (χ0) is 27.9. The Morgan fingerprint density at radius 2 is 0.476 bits per heavy atom. The van der Waals surface area contributed by atoms with Crippen LogP contribution in [-0.2, 0) is 0 Å². The van der Waals surface area contributed by atoms with Gasteiger partial charge in [0.25, 0.3) is 0 Å². The monoisotopic (exact) mass is 532 g/mol. The minimum atomic E-state index is 1.22. The highest BCUT2D eigenvalue weighted by Gasteiger charge is 2.10. The lowest BCUT2D eigenvalue weighted by Gasteiger charge is -2.13. The Bertz CT molecular complexity index is 2200. The number of benzene rings is 8. The summed E-state index contributed by atoms with van der Waals surface area (Å²) in [6, 6.07) is 61.7. The van der Waals surface area contributed by atoms with Crippen molar-refractivity contribution in [1.82, 2.24) is 0 Å². The largest absolute Gasteiger partial charge is 0.0622 e. The van der Waals surface area contributed by atoms with Crippen LogP contribution in [0.2, 0.25) is 0 Å². The highest BCUT2D eigenvalue weighted by atomic mass is 14.1.